The molecule has 9 heteroatoms. The van der Waals surface area contributed by atoms with Gasteiger partial charge in [-0.05, 0) is 79.4 Å². The van der Waals surface area contributed by atoms with Gasteiger partial charge in [0.2, 0.25) is 0 Å². The Bertz CT molecular complexity index is 1380. The van der Waals surface area contributed by atoms with Crippen molar-refractivity contribution in [3.8, 4) is 11.3 Å². The maximum Gasteiger partial charge on any atom is 0.490 e. The average molecular weight is 554 g/mol. The Morgan fingerprint density at radius 1 is 0.925 bits per heavy atom. The van der Waals surface area contributed by atoms with Gasteiger partial charge >= 0.3 is 12.1 Å². The Labute approximate surface area is 230 Å². The number of benzene rings is 3. The fourth-order valence-corrected chi connectivity index (χ4v) is 5.13. The van der Waals surface area contributed by atoms with Crippen molar-refractivity contribution in [1.82, 2.24) is 14.7 Å². The molecule has 1 aromatic heterocycles. The zero-order chi connectivity index (χ0) is 28.8. The minimum atomic E-state index is -5.08. The molecule has 5 rings (SSSR count). The van der Waals surface area contributed by atoms with Crippen LogP contribution in [0.25, 0.3) is 11.3 Å². The van der Waals surface area contributed by atoms with Crippen molar-refractivity contribution in [2.45, 2.75) is 30.9 Å². The molecule has 1 fully saturated rings. The summed E-state index contributed by atoms with van der Waals surface area (Å²) in [4.78, 5) is 11.5. The summed E-state index contributed by atoms with van der Waals surface area (Å²) in [5.41, 5.74) is 5.73. The van der Waals surface area contributed by atoms with E-state index in [4.69, 9.17) is 15.0 Å². The molecule has 4 aromatic rings. The van der Waals surface area contributed by atoms with Gasteiger partial charge in [-0.1, -0.05) is 60.7 Å². The first kappa shape index (κ1) is 29.0. The van der Waals surface area contributed by atoms with Crippen LogP contribution in [0.5, 0.6) is 0 Å². The molecule has 0 aliphatic carbocycles. The molecule has 210 valence electrons. The van der Waals surface area contributed by atoms with E-state index in [0.717, 1.165) is 55.8 Å². The van der Waals surface area contributed by atoms with Gasteiger partial charge in [0, 0.05) is 19.0 Å². The largest absolute Gasteiger partial charge is 0.490 e. The minimum Gasteiger partial charge on any atom is -0.475 e. The molecular weight excluding hydrogens is 522 g/mol. The molecule has 0 spiro atoms. The van der Waals surface area contributed by atoms with E-state index in [2.05, 4.69) is 71.6 Å². The number of hydrogen-bond acceptors (Lipinski definition) is 3. The van der Waals surface area contributed by atoms with Crippen LogP contribution in [0.2, 0.25) is 0 Å². The number of nitrogens with zero attached hydrogens (tertiary/aromatic N) is 3. The fraction of sp³-hybridized carbons (Fsp3) is 0.290. The molecule has 3 aromatic carbocycles. The van der Waals surface area contributed by atoms with Gasteiger partial charge in [0.1, 0.15) is 5.82 Å². The smallest absolute Gasteiger partial charge is 0.475 e. The van der Waals surface area contributed by atoms with Crippen LogP contribution in [-0.4, -0.2) is 51.6 Å². The molecule has 0 atom stereocenters. The normalized spacial score (nSPS) is 15.2. The Balaban J connectivity index is 0.000000470. The summed E-state index contributed by atoms with van der Waals surface area (Å²) >= 11 is 0. The molecule has 1 saturated heterocycles. The standard InChI is InChI=1S/C29H30FN3.C2HF3O2/c1-32-27(24-12-14-26(30)15-13-24)22-28(31-32)29(25-10-6-3-7-11-25)17-20-33(21-18-29)19-16-23-8-4-2-5-9-23;3-2(4,5)1(6)7/h2-15,22H,16-21H2,1H3;(H,6,7). The molecule has 0 radical (unpaired) electrons. The zero-order valence-corrected chi connectivity index (χ0v) is 22.1. The summed E-state index contributed by atoms with van der Waals surface area (Å²) in [6, 6.07) is 30.4. The monoisotopic (exact) mass is 553 g/mol. The van der Waals surface area contributed by atoms with Crippen molar-refractivity contribution in [2.24, 2.45) is 7.05 Å². The van der Waals surface area contributed by atoms with Crippen LogP contribution >= 0.6 is 0 Å². The number of likely N-dealkylation sites (tertiary alicyclic amines) is 1. The van der Waals surface area contributed by atoms with E-state index < -0.39 is 12.1 Å². The van der Waals surface area contributed by atoms with Gasteiger partial charge in [0.25, 0.3) is 0 Å². The van der Waals surface area contributed by atoms with Crippen LogP contribution in [0.15, 0.2) is 91.0 Å². The molecular formula is C31H31F4N3O2. The first-order valence-corrected chi connectivity index (χ1v) is 13.0. The zero-order valence-electron chi connectivity index (χ0n) is 22.1. The molecule has 1 aliphatic rings. The van der Waals surface area contributed by atoms with Crippen molar-refractivity contribution >= 4 is 5.97 Å². The molecule has 0 saturated carbocycles. The lowest BCUT2D eigenvalue weighted by atomic mass is 9.70. The highest BCUT2D eigenvalue weighted by atomic mass is 19.4. The average Bonchev–Trinajstić information content (AvgIpc) is 3.35. The van der Waals surface area contributed by atoms with Crippen LogP contribution in [0.1, 0.15) is 29.7 Å². The molecule has 5 nitrogen and oxygen atoms in total. The molecule has 2 heterocycles. The predicted molar refractivity (Wildman–Crippen MR) is 145 cm³/mol. The minimum absolute atomic E-state index is 0.111. The Hall–Kier alpha value is -3.98. The van der Waals surface area contributed by atoms with Gasteiger partial charge < -0.3 is 10.0 Å². The third-order valence-corrected chi connectivity index (χ3v) is 7.35. The highest BCUT2D eigenvalue weighted by Crippen LogP contribution is 2.42. The summed E-state index contributed by atoms with van der Waals surface area (Å²) in [7, 11) is 1.98. The van der Waals surface area contributed by atoms with E-state index in [1.165, 1.54) is 23.3 Å². The Morgan fingerprint density at radius 3 is 2.02 bits per heavy atom. The van der Waals surface area contributed by atoms with E-state index >= 15 is 0 Å². The van der Waals surface area contributed by atoms with Crippen molar-refractivity contribution in [2.75, 3.05) is 19.6 Å². The SMILES string of the molecule is Cn1nc(C2(c3ccccc3)CCN(CCc3ccccc3)CC2)cc1-c1ccc(F)cc1.O=C(O)C(F)(F)F. The summed E-state index contributed by atoms with van der Waals surface area (Å²) < 4.78 is 47.1. The number of rotatable bonds is 6. The van der Waals surface area contributed by atoms with Crippen molar-refractivity contribution in [3.05, 3.63) is 114 Å². The first-order valence-electron chi connectivity index (χ1n) is 13.0. The summed E-state index contributed by atoms with van der Waals surface area (Å²) in [5.74, 6) is -2.97. The second kappa shape index (κ2) is 12.5. The molecule has 0 bridgehead atoms. The summed E-state index contributed by atoms with van der Waals surface area (Å²) in [5, 5.41) is 12.1. The summed E-state index contributed by atoms with van der Waals surface area (Å²) in [6.45, 7) is 3.17. The van der Waals surface area contributed by atoms with Crippen LogP contribution in [0, 0.1) is 5.82 Å². The lowest BCUT2D eigenvalue weighted by Crippen LogP contribution is -2.44. The van der Waals surface area contributed by atoms with Gasteiger partial charge in [0.05, 0.1) is 11.4 Å². The molecule has 0 amide bonds. The topological polar surface area (TPSA) is 58.4 Å². The maximum atomic E-state index is 13.5. The van der Waals surface area contributed by atoms with Crippen LogP contribution < -0.4 is 0 Å². The van der Waals surface area contributed by atoms with Crippen LogP contribution in [-0.2, 0) is 23.7 Å². The van der Waals surface area contributed by atoms with Crippen LogP contribution in [0.4, 0.5) is 17.6 Å². The van der Waals surface area contributed by atoms with Gasteiger partial charge in [-0.15, -0.1) is 0 Å². The number of carbonyl (C=O) groups is 1. The number of aryl methyl sites for hydroxylation is 1. The Morgan fingerprint density at radius 2 is 1.48 bits per heavy atom. The number of carboxylic acids is 1. The third-order valence-electron chi connectivity index (χ3n) is 7.35. The van der Waals surface area contributed by atoms with E-state index in [9.17, 15) is 17.6 Å². The number of piperidine rings is 1. The van der Waals surface area contributed by atoms with E-state index in [1.54, 1.807) is 0 Å². The fourth-order valence-electron chi connectivity index (χ4n) is 5.13. The van der Waals surface area contributed by atoms with Crippen molar-refractivity contribution in [1.29, 1.82) is 0 Å². The highest BCUT2D eigenvalue weighted by Gasteiger charge is 2.40. The number of halogens is 4. The van der Waals surface area contributed by atoms with E-state index in [1.807, 2.05) is 23.9 Å². The maximum absolute atomic E-state index is 13.5. The van der Waals surface area contributed by atoms with Gasteiger partial charge in [-0.3, -0.25) is 4.68 Å². The lowest BCUT2D eigenvalue weighted by molar-refractivity contribution is -0.192. The second-order valence-corrected chi connectivity index (χ2v) is 9.87. The number of hydrogen-bond donors (Lipinski definition) is 1. The molecule has 1 aliphatic heterocycles. The predicted octanol–water partition coefficient (Wildman–Crippen LogP) is 6.48. The Kier molecular flexibility index (Phi) is 9.04. The van der Waals surface area contributed by atoms with Crippen LogP contribution in [0.3, 0.4) is 0 Å². The third kappa shape index (κ3) is 6.96. The second-order valence-electron chi connectivity index (χ2n) is 9.87. The van der Waals surface area contributed by atoms with E-state index in [-0.39, 0.29) is 11.2 Å². The first-order chi connectivity index (χ1) is 19.1. The van der Waals surface area contributed by atoms with Gasteiger partial charge in [-0.2, -0.15) is 18.3 Å². The van der Waals surface area contributed by atoms with E-state index in [0.29, 0.717) is 0 Å². The number of aliphatic carboxylic acids is 1. The molecule has 40 heavy (non-hydrogen) atoms. The number of carboxylic acid groups (broad SMARTS) is 1. The molecule has 1 N–H and O–H groups in total. The lowest BCUT2D eigenvalue weighted by Gasteiger charge is -2.41. The van der Waals surface area contributed by atoms with Gasteiger partial charge in [-0.25, -0.2) is 9.18 Å². The van der Waals surface area contributed by atoms with Crippen molar-refractivity contribution in [3.63, 3.8) is 0 Å². The highest BCUT2D eigenvalue weighted by molar-refractivity contribution is 5.73. The summed E-state index contributed by atoms with van der Waals surface area (Å²) in [6.07, 6.45) is -1.94. The molecule has 0 unspecified atom stereocenters. The number of aromatic nitrogens is 2. The van der Waals surface area contributed by atoms with Crippen molar-refractivity contribution < 1.29 is 27.5 Å². The van der Waals surface area contributed by atoms with Gasteiger partial charge in [0.15, 0.2) is 0 Å². The quantitative estimate of drug-likeness (QED) is 0.278. The number of alkyl halides is 3.